The highest BCUT2D eigenvalue weighted by Gasteiger charge is 2.32. The molecule has 3 nitrogen and oxygen atoms in total. The SMILES string of the molecule is CCCCC1(CCCC)CN([O-])CCO1. The van der Waals surface area contributed by atoms with Gasteiger partial charge in [-0.1, -0.05) is 39.5 Å². The predicted octanol–water partition coefficient (Wildman–Crippen LogP) is 2.94. The van der Waals surface area contributed by atoms with Gasteiger partial charge >= 0.3 is 0 Å². The van der Waals surface area contributed by atoms with Crippen molar-refractivity contribution in [2.75, 3.05) is 19.7 Å². The molecule has 0 unspecified atom stereocenters. The Morgan fingerprint density at radius 1 is 1.20 bits per heavy atom. The molecule has 1 rings (SSSR count). The second-order valence-electron chi connectivity index (χ2n) is 4.60. The average Bonchev–Trinajstić information content (AvgIpc) is 2.24. The average molecular weight is 214 g/mol. The first-order chi connectivity index (χ1) is 7.22. The monoisotopic (exact) mass is 214 g/mol. The van der Waals surface area contributed by atoms with E-state index < -0.39 is 0 Å². The number of nitrogens with zero attached hydrogens (tertiary/aromatic N) is 1. The lowest BCUT2D eigenvalue weighted by atomic mass is 9.89. The largest absolute Gasteiger partial charge is 0.785 e. The third kappa shape index (κ3) is 4.09. The molecule has 0 bridgehead atoms. The second-order valence-corrected chi connectivity index (χ2v) is 4.60. The van der Waals surface area contributed by atoms with E-state index >= 15 is 0 Å². The number of morpholine rings is 1. The van der Waals surface area contributed by atoms with Gasteiger partial charge in [0.05, 0.1) is 12.2 Å². The number of hydrogen-bond acceptors (Lipinski definition) is 3. The van der Waals surface area contributed by atoms with Crippen LogP contribution in [0.1, 0.15) is 52.4 Å². The molecule has 15 heavy (non-hydrogen) atoms. The minimum Gasteiger partial charge on any atom is -0.785 e. The lowest BCUT2D eigenvalue weighted by Gasteiger charge is -2.46. The number of unbranched alkanes of at least 4 members (excludes halogenated alkanes) is 2. The summed E-state index contributed by atoms with van der Waals surface area (Å²) in [4.78, 5) is 0. The van der Waals surface area contributed by atoms with Gasteiger partial charge in [0.25, 0.3) is 0 Å². The van der Waals surface area contributed by atoms with E-state index in [1.54, 1.807) is 0 Å². The van der Waals surface area contributed by atoms with Gasteiger partial charge in [0.1, 0.15) is 0 Å². The van der Waals surface area contributed by atoms with Crippen molar-refractivity contribution in [1.82, 2.24) is 5.06 Å². The van der Waals surface area contributed by atoms with Gasteiger partial charge in [-0.05, 0) is 12.8 Å². The van der Waals surface area contributed by atoms with Gasteiger partial charge in [-0.2, -0.15) is 0 Å². The van der Waals surface area contributed by atoms with E-state index in [1.165, 1.54) is 17.9 Å². The van der Waals surface area contributed by atoms with Crippen LogP contribution in [-0.2, 0) is 4.74 Å². The fourth-order valence-electron chi connectivity index (χ4n) is 2.24. The van der Waals surface area contributed by atoms with Crippen LogP contribution in [0, 0.1) is 5.21 Å². The van der Waals surface area contributed by atoms with Crippen molar-refractivity contribution < 1.29 is 4.74 Å². The van der Waals surface area contributed by atoms with Crippen LogP contribution in [0.5, 0.6) is 0 Å². The highest BCUT2D eigenvalue weighted by molar-refractivity contribution is 4.88. The third-order valence-electron chi connectivity index (χ3n) is 3.19. The number of rotatable bonds is 6. The van der Waals surface area contributed by atoms with Crippen LogP contribution in [0.25, 0.3) is 0 Å². The van der Waals surface area contributed by atoms with Crippen molar-refractivity contribution in [3.8, 4) is 0 Å². The summed E-state index contributed by atoms with van der Waals surface area (Å²) in [6.07, 6.45) is 6.77. The Morgan fingerprint density at radius 2 is 1.80 bits per heavy atom. The van der Waals surface area contributed by atoms with Gasteiger partial charge in [-0.15, -0.1) is 0 Å². The molecule has 1 heterocycles. The molecule has 1 aliphatic heterocycles. The molecule has 0 aromatic heterocycles. The van der Waals surface area contributed by atoms with Gasteiger partial charge < -0.3 is 15.0 Å². The fourth-order valence-corrected chi connectivity index (χ4v) is 2.24. The molecule has 0 aromatic rings. The van der Waals surface area contributed by atoms with Gasteiger partial charge in [0, 0.05) is 13.1 Å². The molecule has 1 saturated heterocycles. The second kappa shape index (κ2) is 6.46. The maximum absolute atomic E-state index is 11.4. The lowest BCUT2D eigenvalue weighted by molar-refractivity contribution is -0.109. The summed E-state index contributed by atoms with van der Waals surface area (Å²) < 4.78 is 5.90. The van der Waals surface area contributed by atoms with Gasteiger partial charge in [0.15, 0.2) is 0 Å². The van der Waals surface area contributed by atoms with Gasteiger partial charge in [-0.25, -0.2) is 0 Å². The smallest absolute Gasteiger partial charge is 0.0800 e. The zero-order chi connectivity index (χ0) is 11.1. The van der Waals surface area contributed by atoms with E-state index in [1.807, 2.05) is 0 Å². The van der Waals surface area contributed by atoms with Crippen molar-refractivity contribution in [3.05, 3.63) is 5.21 Å². The molecular weight excluding hydrogens is 190 g/mol. The van der Waals surface area contributed by atoms with Crippen LogP contribution in [0.15, 0.2) is 0 Å². The Labute approximate surface area is 93.4 Å². The summed E-state index contributed by atoms with van der Waals surface area (Å²) in [5.41, 5.74) is -0.133. The fraction of sp³-hybridized carbons (Fsp3) is 1.00. The van der Waals surface area contributed by atoms with Crippen molar-refractivity contribution in [2.45, 2.75) is 58.0 Å². The summed E-state index contributed by atoms with van der Waals surface area (Å²) in [5.74, 6) is 0. The van der Waals surface area contributed by atoms with Crippen molar-refractivity contribution in [2.24, 2.45) is 0 Å². The molecule has 90 valence electrons. The van der Waals surface area contributed by atoms with Crippen LogP contribution in [0.3, 0.4) is 0 Å². The molecule has 0 aliphatic carbocycles. The summed E-state index contributed by atoms with van der Waals surface area (Å²) in [7, 11) is 0. The van der Waals surface area contributed by atoms with Crippen LogP contribution in [-0.4, -0.2) is 30.4 Å². The van der Waals surface area contributed by atoms with Crippen LogP contribution in [0.4, 0.5) is 0 Å². The highest BCUT2D eigenvalue weighted by atomic mass is 16.5. The molecule has 0 atom stereocenters. The Morgan fingerprint density at radius 3 is 2.27 bits per heavy atom. The molecule has 0 radical (unpaired) electrons. The van der Waals surface area contributed by atoms with Crippen molar-refractivity contribution in [3.63, 3.8) is 0 Å². The molecule has 0 saturated carbocycles. The van der Waals surface area contributed by atoms with Crippen molar-refractivity contribution >= 4 is 0 Å². The number of hydroxylamine groups is 2. The zero-order valence-corrected chi connectivity index (χ0v) is 10.1. The Hall–Kier alpha value is -0.120. The summed E-state index contributed by atoms with van der Waals surface area (Å²) in [5, 5.41) is 12.6. The Balaban J connectivity index is 2.49. The zero-order valence-electron chi connectivity index (χ0n) is 10.1. The molecule has 3 heteroatoms. The number of ether oxygens (including phenoxy) is 1. The maximum Gasteiger partial charge on any atom is 0.0800 e. The first kappa shape index (κ1) is 12.9. The minimum atomic E-state index is -0.133. The molecular formula is C12H24NO2-. The third-order valence-corrected chi connectivity index (χ3v) is 3.19. The quantitative estimate of drug-likeness (QED) is 0.682. The summed E-state index contributed by atoms with van der Waals surface area (Å²) in [6, 6.07) is 0. The van der Waals surface area contributed by atoms with Crippen LogP contribution < -0.4 is 0 Å². The Kier molecular flexibility index (Phi) is 5.58. The van der Waals surface area contributed by atoms with E-state index in [-0.39, 0.29) is 5.60 Å². The molecule has 0 N–H and O–H groups in total. The van der Waals surface area contributed by atoms with Crippen molar-refractivity contribution in [1.29, 1.82) is 0 Å². The van der Waals surface area contributed by atoms with E-state index in [0.29, 0.717) is 19.7 Å². The van der Waals surface area contributed by atoms with E-state index in [0.717, 1.165) is 25.7 Å². The van der Waals surface area contributed by atoms with Crippen LogP contribution in [0.2, 0.25) is 0 Å². The minimum absolute atomic E-state index is 0.133. The van der Waals surface area contributed by atoms with E-state index in [9.17, 15) is 5.21 Å². The first-order valence-electron chi connectivity index (χ1n) is 6.28. The molecule has 0 aromatic carbocycles. The normalized spacial score (nSPS) is 21.8. The Bertz CT molecular complexity index is 165. The topological polar surface area (TPSA) is 35.5 Å². The number of hydrogen-bond donors (Lipinski definition) is 0. The van der Waals surface area contributed by atoms with E-state index in [4.69, 9.17) is 4.74 Å². The molecule has 0 amide bonds. The summed E-state index contributed by atoms with van der Waals surface area (Å²) in [6.45, 7) is 6.10. The van der Waals surface area contributed by atoms with Crippen LogP contribution >= 0.6 is 0 Å². The predicted molar refractivity (Wildman–Crippen MR) is 62.7 cm³/mol. The molecule has 0 spiro atoms. The first-order valence-corrected chi connectivity index (χ1v) is 6.28. The lowest BCUT2D eigenvalue weighted by Crippen LogP contribution is -2.49. The van der Waals surface area contributed by atoms with Gasteiger partial charge in [-0.3, -0.25) is 0 Å². The summed E-state index contributed by atoms with van der Waals surface area (Å²) >= 11 is 0. The van der Waals surface area contributed by atoms with E-state index in [2.05, 4.69) is 13.8 Å². The molecule has 1 fully saturated rings. The van der Waals surface area contributed by atoms with Gasteiger partial charge in [0.2, 0.25) is 0 Å². The highest BCUT2D eigenvalue weighted by Crippen LogP contribution is 2.29. The molecule has 1 aliphatic rings. The maximum atomic E-state index is 11.4. The standard InChI is InChI=1S/C12H24NO2/c1-3-5-7-12(8-6-4-2)11-13(14)9-10-15-12/h3-11H2,1-2H3/q-1.